The van der Waals surface area contributed by atoms with Crippen LogP contribution in [0.2, 0.25) is 0 Å². The van der Waals surface area contributed by atoms with Crippen LogP contribution in [0.4, 0.5) is 5.69 Å². The van der Waals surface area contributed by atoms with E-state index in [0.717, 1.165) is 0 Å². The maximum absolute atomic E-state index is 12.6. The number of nitro groups is 1. The number of nitrogens with one attached hydrogen (secondary N) is 2. The van der Waals surface area contributed by atoms with Crippen molar-refractivity contribution in [2.75, 3.05) is 14.1 Å². The van der Waals surface area contributed by atoms with Crippen LogP contribution in [0.25, 0.3) is 0 Å². The van der Waals surface area contributed by atoms with Crippen molar-refractivity contribution in [3.05, 3.63) is 39.9 Å². The van der Waals surface area contributed by atoms with E-state index < -0.39 is 45.9 Å². The first-order chi connectivity index (χ1) is 12.1. The molecule has 2 rings (SSSR count). The summed E-state index contributed by atoms with van der Waals surface area (Å²) >= 11 is 0. The Bertz CT molecular complexity index is 761. The highest BCUT2D eigenvalue weighted by atomic mass is 16.6. The quantitative estimate of drug-likeness (QED) is 0.395. The molecule has 1 aliphatic rings. The van der Waals surface area contributed by atoms with Gasteiger partial charge in [-0.25, -0.2) is 0 Å². The van der Waals surface area contributed by atoms with Gasteiger partial charge in [-0.3, -0.25) is 24.5 Å². The Balaban J connectivity index is 2.69. The molecule has 0 saturated heterocycles. The number of Topliss-reactive ketones (excluding diaryl/α,β-unsaturated/α-hetero) is 1. The number of non-ortho nitro benzene ring substituents is 1. The van der Waals surface area contributed by atoms with Crippen molar-refractivity contribution in [2.24, 2.45) is 11.8 Å². The zero-order chi connectivity index (χ0) is 19.6. The molecule has 140 valence electrons. The van der Waals surface area contributed by atoms with Crippen LogP contribution >= 0.6 is 0 Å². The van der Waals surface area contributed by atoms with Crippen LogP contribution in [0.3, 0.4) is 0 Å². The molecule has 3 N–H and O–H groups in total. The number of nitro benzene ring substituents is 1. The van der Waals surface area contributed by atoms with Gasteiger partial charge in [0.05, 0.1) is 16.4 Å². The summed E-state index contributed by atoms with van der Waals surface area (Å²) in [4.78, 5) is 48.0. The SMILES string of the molecule is CNC(=O)C1C(=O)CC(C)(O)C(C(=O)NC)C1c1cccc([N+](=O)[O-])c1. The van der Waals surface area contributed by atoms with Gasteiger partial charge in [-0.05, 0) is 12.5 Å². The third kappa shape index (κ3) is 3.43. The number of nitrogens with zero attached hydrogens (tertiary/aromatic N) is 1. The van der Waals surface area contributed by atoms with Crippen molar-refractivity contribution in [3.8, 4) is 0 Å². The van der Waals surface area contributed by atoms with Gasteiger partial charge in [-0.15, -0.1) is 0 Å². The van der Waals surface area contributed by atoms with Crippen molar-refractivity contribution in [1.29, 1.82) is 0 Å². The van der Waals surface area contributed by atoms with Crippen molar-refractivity contribution < 1.29 is 24.4 Å². The predicted octanol–water partition coefficient (Wildman–Crippen LogP) is 0.127. The molecule has 1 aliphatic carbocycles. The molecule has 9 nitrogen and oxygen atoms in total. The van der Waals surface area contributed by atoms with E-state index in [1.807, 2.05) is 0 Å². The molecule has 0 aromatic heterocycles. The van der Waals surface area contributed by atoms with Crippen LogP contribution in [-0.2, 0) is 14.4 Å². The largest absolute Gasteiger partial charge is 0.389 e. The summed E-state index contributed by atoms with van der Waals surface area (Å²) in [7, 11) is 2.75. The molecule has 4 atom stereocenters. The third-order valence-corrected chi connectivity index (χ3v) is 4.79. The normalized spacial score (nSPS) is 28.3. The monoisotopic (exact) mass is 363 g/mol. The molecule has 9 heteroatoms. The van der Waals surface area contributed by atoms with Gasteiger partial charge in [0.2, 0.25) is 11.8 Å². The van der Waals surface area contributed by atoms with Crippen LogP contribution in [0.15, 0.2) is 24.3 Å². The van der Waals surface area contributed by atoms with Crippen LogP contribution in [0.5, 0.6) is 0 Å². The van der Waals surface area contributed by atoms with Crippen molar-refractivity contribution >= 4 is 23.3 Å². The third-order valence-electron chi connectivity index (χ3n) is 4.79. The lowest BCUT2D eigenvalue weighted by molar-refractivity contribution is -0.385. The highest BCUT2D eigenvalue weighted by molar-refractivity contribution is 6.05. The molecule has 1 aromatic rings. The number of amides is 2. The number of ketones is 1. The van der Waals surface area contributed by atoms with E-state index in [-0.39, 0.29) is 17.7 Å². The summed E-state index contributed by atoms with van der Waals surface area (Å²) in [6.45, 7) is 1.36. The van der Waals surface area contributed by atoms with Gasteiger partial charge < -0.3 is 15.7 Å². The van der Waals surface area contributed by atoms with Gasteiger partial charge in [0, 0.05) is 38.6 Å². The molecule has 0 heterocycles. The number of rotatable bonds is 4. The second kappa shape index (κ2) is 7.20. The molecule has 0 bridgehead atoms. The van der Waals surface area contributed by atoms with E-state index in [0.29, 0.717) is 0 Å². The maximum Gasteiger partial charge on any atom is 0.269 e. The minimum absolute atomic E-state index is 0.230. The Morgan fingerprint density at radius 2 is 1.88 bits per heavy atom. The van der Waals surface area contributed by atoms with Crippen LogP contribution in [0, 0.1) is 22.0 Å². The number of aliphatic hydroxyl groups is 1. The summed E-state index contributed by atoms with van der Waals surface area (Å²) in [6.07, 6.45) is -0.366. The molecule has 1 saturated carbocycles. The lowest BCUT2D eigenvalue weighted by atomic mass is 9.61. The van der Waals surface area contributed by atoms with Crippen LogP contribution < -0.4 is 10.6 Å². The van der Waals surface area contributed by atoms with E-state index in [2.05, 4.69) is 10.6 Å². The Morgan fingerprint density at radius 1 is 1.27 bits per heavy atom. The first kappa shape index (κ1) is 19.5. The molecular weight excluding hydrogens is 342 g/mol. The molecule has 1 fully saturated rings. The molecule has 0 spiro atoms. The van der Waals surface area contributed by atoms with Crippen molar-refractivity contribution in [3.63, 3.8) is 0 Å². The van der Waals surface area contributed by atoms with Crippen molar-refractivity contribution in [1.82, 2.24) is 10.6 Å². The van der Waals surface area contributed by atoms with Crippen LogP contribution in [0.1, 0.15) is 24.8 Å². The summed E-state index contributed by atoms with van der Waals surface area (Å²) in [6, 6.07) is 5.43. The highest BCUT2D eigenvalue weighted by Gasteiger charge is 2.55. The molecule has 2 amide bonds. The predicted molar refractivity (Wildman–Crippen MR) is 91.2 cm³/mol. The minimum atomic E-state index is -1.70. The van der Waals surface area contributed by atoms with Gasteiger partial charge in [-0.1, -0.05) is 12.1 Å². The Kier molecular flexibility index (Phi) is 5.41. The van der Waals surface area contributed by atoms with Gasteiger partial charge in [-0.2, -0.15) is 0 Å². The van der Waals surface area contributed by atoms with Gasteiger partial charge in [0.15, 0.2) is 0 Å². The molecule has 0 radical (unpaired) electrons. The fourth-order valence-electron chi connectivity index (χ4n) is 3.65. The average Bonchev–Trinajstić information content (AvgIpc) is 2.59. The van der Waals surface area contributed by atoms with Crippen molar-refractivity contribution in [2.45, 2.75) is 24.9 Å². The van der Waals surface area contributed by atoms with E-state index in [4.69, 9.17) is 0 Å². The molecule has 1 aromatic carbocycles. The van der Waals surface area contributed by atoms with E-state index >= 15 is 0 Å². The Morgan fingerprint density at radius 3 is 2.42 bits per heavy atom. The lowest BCUT2D eigenvalue weighted by Crippen LogP contribution is -2.57. The maximum atomic E-state index is 12.6. The van der Waals surface area contributed by atoms with E-state index in [1.165, 1.54) is 45.3 Å². The number of hydrogen-bond acceptors (Lipinski definition) is 6. The standard InChI is InChI=1S/C17H21N3O6/c1-17(24)8-11(21)13(15(22)18-2)12(14(17)16(23)19-3)9-5-4-6-10(7-9)20(25)26/h4-7,12-14,24H,8H2,1-3H3,(H,18,22)(H,19,23). The fraction of sp³-hybridized carbons (Fsp3) is 0.471. The number of hydrogen-bond donors (Lipinski definition) is 3. The zero-order valence-corrected chi connectivity index (χ0v) is 14.7. The summed E-state index contributed by atoms with van der Waals surface area (Å²) in [5, 5.41) is 26.7. The fourth-order valence-corrected chi connectivity index (χ4v) is 3.65. The average molecular weight is 363 g/mol. The number of carbonyl (C=O) groups excluding carboxylic acids is 3. The summed E-state index contributed by atoms with van der Waals surface area (Å²) in [5.74, 6) is -5.07. The van der Waals surface area contributed by atoms with Gasteiger partial charge in [0.25, 0.3) is 5.69 Å². The summed E-state index contributed by atoms with van der Waals surface area (Å²) < 4.78 is 0. The Hall–Kier alpha value is -2.81. The minimum Gasteiger partial charge on any atom is -0.389 e. The topological polar surface area (TPSA) is 139 Å². The molecular formula is C17H21N3O6. The lowest BCUT2D eigenvalue weighted by Gasteiger charge is -2.44. The smallest absolute Gasteiger partial charge is 0.269 e. The number of carbonyl (C=O) groups is 3. The van der Waals surface area contributed by atoms with Gasteiger partial charge >= 0.3 is 0 Å². The van der Waals surface area contributed by atoms with Gasteiger partial charge in [0.1, 0.15) is 11.7 Å². The second-order valence-corrected chi connectivity index (χ2v) is 6.56. The molecule has 4 unspecified atom stereocenters. The zero-order valence-electron chi connectivity index (χ0n) is 14.7. The number of benzene rings is 1. The summed E-state index contributed by atoms with van der Waals surface area (Å²) in [5.41, 5.74) is -1.65. The van der Waals surface area contributed by atoms with E-state index in [1.54, 1.807) is 0 Å². The first-order valence-electron chi connectivity index (χ1n) is 8.06. The highest BCUT2D eigenvalue weighted by Crippen LogP contribution is 2.46. The Labute approximate surface area is 149 Å². The van der Waals surface area contributed by atoms with Crippen LogP contribution in [-0.4, -0.2) is 47.3 Å². The molecule has 0 aliphatic heterocycles. The first-order valence-corrected chi connectivity index (χ1v) is 8.06. The molecule has 26 heavy (non-hydrogen) atoms. The van der Waals surface area contributed by atoms with E-state index in [9.17, 15) is 29.6 Å². The second-order valence-electron chi connectivity index (χ2n) is 6.56.